The SMILES string of the molecule is O=C(N[C@H]1C[C@H]2COC[C@@H](C1)N2Cc1ccc(F)cc1)c1coc(-c2ccccc2)n1. The lowest BCUT2D eigenvalue weighted by Gasteiger charge is -2.48. The van der Waals surface area contributed by atoms with Gasteiger partial charge < -0.3 is 14.5 Å². The van der Waals surface area contributed by atoms with Crippen LogP contribution in [-0.2, 0) is 11.3 Å². The van der Waals surface area contributed by atoms with Gasteiger partial charge in [-0.15, -0.1) is 0 Å². The van der Waals surface area contributed by atoms with E-state index in [1.807, 2.05) is 42.5 Å². The number of amides is 1. The van der Waals surface area contributed by atoms with Gasteiger partial charge in [0, 0.05) is 30.2 Å². The van der Waals surface area contributed by atoms with Crippen molar-refractivity contribution in [1.82, 2.24) is 15.2 Å². The standard InChI is InChI=1S/C24H24FN3O3/c25-18-8-6-16(7-9-18)12-28-20-10-19(11-21(28)14-30-13-20)26-23(29)22-15-31-24(27-22)17-4-2-1-3-5-17/h1-9,15,19-21H,10-14H2,(H,26,29)/t19-,20-,21+. The van der Waals surface area contributed by atoms with Crippen LogP contribution in [0, 0.1) is 5.82 Å². The number of piperidine rings is 1. The van der Waals surface area contributed by atoms with Crippen LogP contribution in [0.4, 0.5) is 4.39 Å². The Labute approximate surface area is 180 Å². The summed E-state index contributed by atoms with van der Waals surface area (Å²) in [5.74, 6) is -0.0102. The number of hydrogen-bond acceptors (Lipinski definition) is 5. The summed E-state index contributed by atoms with van der Waals surface area (Å²) in [5.41, 5.74) is 2.20. The van der Waals surface area contributed by atoms with Gasteiger partial charge in [-0.25, -0.2) is 9.37 Å². The number of nitrogens with one attached hydrogen (secondary N) is 1. The molecule has 1 aromatic heterocycles. The van der Waals surface area contributed by atoms with E-state index in [4.69, 9.17) is 9.15 Å². The van der Waals surface area contributed by atoms with Gasteiger partial charge in [-0.2, -0.15) is 0 Å². The minimum Gasteiger partial charge on any atom is -0.444 e. The Hall–Kier alpha value is -3.03. The molecule has 2 bridgehead atoms. The van der Waals surface area contributed by atoms with E-state index in [1.54, 1.807) is 0 Å². The molecule has 2 aliphatic rings. The van der Waals surface area contributed by atoms with Gasteiger partial charge in [-0.3, -0.25) is 9.69 Å². The second-order valence-electron chi connectivity index (χ2n) is 8.19. The molecule has 2 aromatic carbocycles. The van der Waals surface area contributed by atoms with E-state index in [0.29, 0.717) is 19.1 Å². The number of carbonyl (C=O) groups is 1. The summed E-state index contributed by atoms with van der Waals surface area (Å²) in [4.78, 5) is 19.5. The first-order valence-electron chi connectivity index (χ1n) is 10.6. The Morgan fingerprint density at radius 3 is 2.48 bits per heavy atom. The summed E-state index contributed by atoms with van der Waals surface area (Å²) >= 11 is 0. The number of benzene rings is 2. The Balaban J connectivity index is 1.23. The van der Waals surface area contributed by atoms with Crippen LogP contribution in [0.5, 0.6) is 0 Å². The number of fused-ring (bicyclic) bond motifs is 2. The lowest BCUT2D eigenvalue weighted by Crippen LogP contribution is -2.60. The van der Waals surface area contributed by atoms with Crippen molar-refractivity contribution in [2.24, 2.45) is 0 Å². The molecule has 2 aliphatic heterocycles. The summed E-state index contributed by atoms with van der Waals surface area (Å²) in [5, 5.41) is 3.13. The topological polar surface area (TPSA) is 67.6 Å². The second kappa shape index (κ2) is 8.61. The van der Waals surface area contributed by atoms with Crippen LogP contribution in [0.15, 0.2) is 65.3 Å². The molecule has 0 radical (unpaired) electrons. The van der Waals surface area contributed by atoms with Crippen molar-refractivity contribution < 1.29 is 18.3 Å². The van der Waals surface area contributed by atoms with Crippen molar-refractivity contribution in [2.45, 2.75) is 37.5 Å². The molecule has 0 unspecified atom stereocenters. The fourth-order valence-corrected chi connectivity index (χ4v) is 4.52. The molecular weight excluding hydrogens is 397 g/mol. The highest BCUT2D eigenvalue weighted by atomic mass is 19.1. The first kappa shape index (κ1) is 19.9. The first-order valence-corrected chi connectivity index (χ1v) is 10.6. The maximum Gasteiger partial charge on any atom is 0.273 e. The summed E-state index contributed by atoms with van der Waals surface area (Å²) in [6.45, 7) is 2.02. The Morgan fingerprint density at radius 1 is 1.06 bits per heavy atom. The third-order valence-electron chi connectivity index (χ3n) is 6.04. The van der Waals surface area contributed by atoms with Crippen LogP contribution in [0.3, 0.4) is 0 Å². The lowest BCUT2D eigenvalue weighted by atomic mass is 9.89. The van der Waals surface area contributed by atoms with E-state index in [2.05, 4.69) is 15.2 Å². The molecule has 6 nitrogen and oxygen atoms in total. The van der Waals surface area contributed by atoms with Crippen molar-refractivity contribution in [3.05, 3.63) is 77.9 Å². The van der Waals surface area contributed by atoms with Gasteiger partial charge in [0.1, 0.15) is 12.1 Å². The van der Waals surface area contributed by atoms with Gasteiger partial charge in [0.2, 0.25) is 5.89 Å². The number of hydrogen-bond donors (Lipinski definition) is 1. The number of halogens is 1. The second-order valence-corrected chi connectivity index (χ2v) is 8.19. The van der Waals surface area contributed by atoms with Crippen LogP contribution in [0.1, 0.15) is 28.9 Å². The number of carbonyl (C=O) groups excluding carboxylic acids is 1. The van der Waals surface area contributed by atoms with E-state index < -0.39 is 0 Å². The molecule has 0 spiro atoms. The van der Waals surface area contributed by atoms with Gasteiger partial charge in [-0.05, 0) is 42.7 Å². The third kappa shape index (κ3) is 4.38. The molecule has 1 N–H and O–H groups in total. The number of ether oxygens (including phenoxy) is 1. The quantitative estimate of drug-likeness (QED) is 0.681. The molecule has 1 amide bonds. The predicted octanol–water partition coefficient (Wildman–Crippen LogP) is 3.64. The van der Waals surface area contributed by atoms with E-state index in [1.165, 1.54) is 18.4 Å². The minimum atomic E-state index is -0.225. The Bertz CT molecular complexity index is 1020. The van der Waals surface area contributed by atoms with Gasteiger partial charge in [0.15, 0.2) is 5.69 Å². The van der Waals surface area contributed by atoms with Gasteiger partial charge in [-0.1, -0.05) is 30.3 Å². The number of oxazole rings is 1. The maximum atomic E-state index is 13.2. The van der Waals surface area contributed by atoms with E-state index in [0.717, 1.165) is 30.5 Å². The van der Waals surface area contributed by atoms with Crippen LogP contribution in [0.25, 0.3) is 11.5 Å². The molecule has 7 heteroatoms. The monoisotopic (exact) mass is 421 g/mol. The highest BCUT2D eigenvalue weighted by molar-refractivity contribution is 5.92. The molecular formula is C24H24FN3O3. The smallest absolute Gasteiger partial charge is 0.273 e. The molecule has 0 aliphatic carbocycles. The fraction of sp³-hybridized carbons (Fsp3) is 0.333. The van der Waals surface area contributed by atoms with E-state index >= 15 is 0 Å². The highest BCUT2D eigenvalue weighted by Gasteiger charge is 2.39. The van der Waals surface area contributed by atoms with Crippen molar-refractivity contribution in [1.29, 1.82) is 0 Å². The molecule has 2 fully saturated rings. The van der Waals surface area contributed by atoms with Crippen LogP contribution >= 0.6 is 0 Å². The summed E-state index contributed by atoms with van der Waals surface area (Å²) in [6, 6.07) is 16.6. The largest absolute Gasteiger partial charge is 0.444 e. The fourth-order valence-electron chi connectivity index (χ4n) is 4.52. The molecule has 31 heavy (non-hydrogen) atoms. The Morgan fingerprint density at radius 2 is 1.77 bits per heavy atom. The Kier molecular flexibility index (Phi) is 5.53. The van der Waals surface area contributed by atoms with Crippen molar-refractivity contribution in [2.75, 3.05) is 13.2 Å². The zero-order valence-electron chi connectivity index (χ0n) is 17.0. The maximum absolute atomic E-state index is 13.2. The average Bonchev–Trinajstić information content (AvgIpc) is 3.27. The number of morpholine rings is 1. The van der Waals surface area contributed by atoms with Crippen molar-refractivity contribution in [3.63, 3.8) is 0 Å². The number of nitrogens with zero attached hydrogens (tertiary/aromatic N) is 2. The van der Waals surface area contributed by atoms with Crippen LogP contribution in [0.2, 0.25) is 0 Å². The molecule has 0 saturated carbocycles. The van der Waals surface area contributed by atoms with Gasteiger partial charge in [0.05, 0.1) is 13.2 Å². The normalized spacial score (nSPS) is 23.5. The average molecular weight is 421 g/mol. The lowest BCUT2D eigenvalue weighted by molar-refractivity contribution is -0.0843. The molecule has 3 atom stereocenters. The number of rotatable bonds is 5. The summed E-state index contributed by atoms with van der Waals surface area (Å²) in [6.07, 6.45) is 3.00. The zero-order chi connectivity index (χ0) is 21.2. The third-order valence-corrected chi connectivity index (χ3v) is 6.04. The number of aromatic nitrogens is 1. The van der Waals surface area contributed by atoms with Gasteiger partial charge in [0.25, 0.3) is 5.91 Å². The molecule has 3 heterocycles. The summed E-state index contributed by atoms with van der Waals surface area (Å²) < 4.78 is 24.5. The van der Waals surface area contributed by atoms with Crippen LogP contribution < -0.4 is 5.32 Å². The molecule has 2 saturated heterocycles. The minimum absolute atomic E-state index is 0.0488. The highest BCUT2D eigenvalue weighted by Crippen LogP contribution is 2.30. The summed E-state index contributed by atoms with van der Waals surface area (Å²) in [7, 11) is 0. The zero-order valence-corrected chi connectivity index (χ0v) is 17.0. The molecule has 160 valence electrons. The van der Waals surface area contributed by atoms with Crippen molar-refractivity contribution in [3.8, 4) is 11.5 Å². The predicted molar refractivity (Wildman–Crippen MR) is 113 cm³/mol. The van der Waals surface area contributed by atoms with Crippen molar-refractivity contribution >= 4 is 5.91 Å². The molecule has 5 rings (SSSR count). The molecule has 3 aromatic rings. The first-order chi connectivity index (χ1) is 15.2. The van der Waals surface area contributed by atoms with E-state index in [-0.39, 0.29) is 35.5 Å². The van der Waals surface area contributed by atoms with E-state index in [9.17, 15) is 9.18 Å². The van der Waals surface area contributed by atoms with Gasteiger partial charge >= 0.3 is 0 Å². The van der Waals surface area contributed by atoms with Crippen LogP contribution in [-0.4, -0.2) is 47.1 Å².